The molecule has 0 bridgehead atoms. The largest absolute Gasteiger partial charge is 0.492 e. The molecule has 10 heteroatoms. The summed E-state index contributed by atoms with van der Waals surface area (Å²) in [5, 5.41) is 0.0290. The molecule has 0 radical (unpaired) electrons. The zero-order valence-electron chi connectivity index (χ0n) is 16.5. The summed E-state index contributed by atoms with van der Waals surface area (Å²) >= 11 is 6.15. The van der Waals surface area contributed by atoms with Gasteiger partial charge in [0.25, 0.3) is 15.9 Å². The Hall–Kier alpha value is -2.52. The highest BCUT2D eigenvalue weighted by Crippen LogP contribution is 2.33. The number of ether oxygens (including phenoxy) is 3. The van der Waals surface area contributed by atoms with Crippen molar-refractivity contribution in [1.29, 1.82) is 0 Å². The molecule has 1 aliphatic carbocycles. The molecule has 7 nitrogen and oxygen atoms in total. The van der Waals surface area contributed by atoms with Crippen LogP contribution in [-0.4, -0.2) is 34.1 Å². The monoisotopic (exact) mass is 469 g/mol. The number of benzene rings is 2. The van der Waals surface area contributed by atoms with Crippen molar-refractivity contribution >= 4 is 27.5 Å². The number of halogens is 2. The van der Waals surface area contributed by atoms with E-state index in [-0.39, 0.29) is 28.0 Å². The van der Waals surface area contributed by atoms with Crippen molar-refractivity contribution in [3.8, 4) is 17.2 Å². The van der Waals surface area contributed by atoms with Crippen molar-refractivity contribution in [3.05, 3.63) is 46.7 Å². The zero-order chi connectivity index (χ0) is 22.0. The van der Waals surface area contributed by atoms with Gasteiger partial charge in [0.1, 0.15) is 24.8 Å². The molecule has 0 unspecified atom stereocenters. The lowest BCUT2D eigenvalue weighted by Gasteiger charge is -2.19. The minimum absolute atomic E-state index is 0.0290. The van der Waals surface area contributed by atoms with E-state index in [4.69, 9.17) is 25.8 Å². The van der Waals surface area contributed by atoms with Crippen LogP contribution in [0, 0.1) is 11.7 Å². The Bertz CT molecular complexity index is 1100. The Labute approximate surface area is 184 Å². The number of hydrogen-bond acceptors (Lipinski definition) is 6. The average Bonchev–Trinajstić information content (AvgIpc) is 3.27. The van der Waals surface area contributed by atoms with Gasteiger partial charge < -0.3 is 14.2 Å². The summed E-state index contributed by atoms with van der Waals surface area (Å²) < 4.78 is 57.9. The molecule has 0 atom stereocenters. The number of amides is 1. The fourth-order valence-corrected chi connectivity index (χ4v) is 4.82. The van der Waals surface area contributed by atoms with Crippen LogP contribution in [0.5, 0.6) is 17.2 Å². The van der Waals surface area contributed by atoms with Gasteiger partial charge >= 0.3 is 0 Å². The first-order valence-corrected chi connectivity index (χ1v) is 11.8. The molecule has 0 spiro atoms. The molecule has 0 saturated heterocycles. The summed E-state index contributed by atoms with van der Waals surface area (Å²) in [5.41, 5.74) is -0.501. The number of carbonyl (C=O) groups excluding carboxylic acids is 1. The Morgan fingerprint density at radius 3 is 2.58 bits per heavy atom. The first-order chi connectivity index (χ1) is 14.8. The van der Waals surface area contributed by atoms with Crippen LogP contribution in [0.25, 0.3) is 0 Å². The van der Waals surface area contributed by atoms with Crippen LogP contribution >= 0.6 is 11.6 Å². The highest BCUT2D eigenvalue weighted by molar-refractivity contribution is 7.90. The van der Waals surface area contributed by atoms with Crippen LogP contribution in [0.1, 0.15) is 36.0 Å². The third-order valence-electron chi connectivity index (χ3n) is 5.27. The second-order valence-corrected chi connectivity index (χ2v) is 9.55. The van der Waals surface area contributed by atoms with Gasteiger partial charge in [0.2, 0.25) is 0 Å². The van der Waals surface area contributed by atoms with E-state index in [1.807, 2.05) is 4.72 Å². The molecule has 1 amide bonds. The lowest BCUT2D eigenvalue weighted by Crippen LogP contribution is -2.31. The van der Waals surface area contributed by atoms with Gasteiger partial charge in [-0.15, -0.1) is 0 Å². The van der Waals surface area contributed by atoms with Crippen molar-refractivity contribution in [2.45, 2.75) is 30.6 Å². The Kier molecular flexibility index (Phi) is 6.24. The molecule has 2 aromatic rings. The second-order valence-electron chi connectivity index (χ2n) is 7.46. The van der Waals surface area contributed by atoms with Crippen molar-refractivity contribution in [2.24, 2.45) is 5.92 Å². The highest BCUT2D eigenvalue weighted by Gasteiger charge is 2.25. The quantitative estimate of drug-likeness (QED) is 0.689. The SMILES string of the molecule is O=C(NS(=O)(=O)c1ccc2c(c1)OCCO2)c1cc(Cl)c(OCC2CCCC2)cc1F. The molecule has 1 heterocycles. The van der Waals surface area contributed by atoms with Crippen LogP contribution in [0.3, 0.4) is 0 Å². The molecule has 1 fully saturated rings. The van der Waals surface area contributed by atoms with E-state index in [2.05, 4.69) is 0 Å². The van der Waals surface area contributed by atoms with Gasteiger partial charge in [0.15, 0.2) is 11.5 Å². The van der Waals surface area contributed by atoms with Crippen LogP contribution in [0.2, 0.25) is 5.02 Å². The number of hydrogen-bond donors (Lipinski definition) is 1. The third-order valence-corrected chi connectivity index (χ3v) is 6.89. The molecular weight excluding hydrogens is 449 g/mol. The van der Waals surface area contributed by atoms with Gasteiger partial charge in [0, 0.05) is 12.1 Å². The van der Waals surface area contributed by atoms with E-state index in [1.165, 1.54) is 18.2 Å². The maximum atomic E-state index is 14.6. The fraction of sp³-hybridized carbons (Fsp3) is 0.381. The van der Waals surface area contributed by atoms with Crippen molar-refractivity contribution in [3.63, 3.8) is 0 Å². The molecule has 0 aromatic heterocycles. The molecule has 31 heavy (non-hydrogen) atoms. The standard InChI is InChI=1S/C21H21ClFNO6S/c22-16-10-15(17(23)11-19(16)30-12-13-3-1-2-4-13)21(25)24-31(26,27)14-5-6-18-20(9-14)29-8-7-28-18/h5-6,9-11,13H,1-4,7-8,12H2,(H,24,25). The van der Waals surface area contributed by atoms with Gasteiger partial charge in [-0.2, -0.15) is 0 Å². The zero-order valence-corrected chi connectivity index (χ0v) is 18.1. The molecule has 1 aliphatic heterocycles. The van der Waals surface area contributed by atoms with E-state index in [1.54, 1.807) is 0 Å². The van der Waals surface area contributed by atoms with Crippen molar-refractivity contribution < 1.29 is 31.8 Å². The third kappa shape index (κ3) is 4.88. The maximum absolute atomic E-state index is 14.6. The summed E-state index contributed by atoms with van der Waals surface area (Å²) in [6.45, 7) is 1.06. The van der Waals surface area contributed by atoms with Crippen molar-refractivity contribution in [1.82, 2.24) is 4.72 Å². The van der Waals surface area contributed by atoms with E-state index < -0.39 is 27.3 Å². The minimum atomic E-state index is -4.28. The first-order valence-electron chi connectivity index (χ1n) is 9.92. The average molecular weight is 470 g/mol. The van der Waals surface area contributed by atoms with Crippen molar-refractivity contribution in [2.75, 3.05) is 19.8 Å². The van der Waals surface area contributed by atoms with Gasteiger partial charge in [-0.1, -0.05) is 24.4 Å². The Morgan fingerprint density at radius 2 is 1.84 bits per heavy atom. The highest BCUT2D eigenvalue weighted by atomic mass is 35.5. The molecule has 2 aromatic carbocycles. The van der Waals surface area contributed by atoms with Gasteiger partial charge in [-0.25, -0.2) is 17.5 Å². The van der Waals surface area contributed by atoms with Gasteiger partial charge in [-0.05, 0) is 37.0 Å². The second kappa shape index (κ2) is 8.92. The first kappa shape index (κ1) is 21.7. The predicted octanol–water partition coefficient (Wildman–Crippen LogP) is 3.94. The van der Waals surface area contributed by atoms with Crippen LogP contribution < -0.4 is 18.9 Å². The summed E-state index contributed by atoms with van der Waals surface area (Å²) in [6.07, 6.45) is 4.40. The molecule has 1 saturated carbocycles. The maximum Gasteiger partial charge on any atom is 0.268 e. The summed E-state index contributed by atoms with van der Waals surface area (Å²) in [4.78, 5) is 12.3. The van der Waals surface area contributed by atoms with E-state index in [0.717, 1.165) is 37.8 Å². The van der Waals surface area contributed by atoms with E-state index >= 15 is 0 Å². The van der Waals surface area contributed by atoms with Gasteiger partial charge in [0.05, 0.1) is 22.1 Å². The number of fused-ring (bicyclic) bond motifs is 1. The number of carbonyl (C=O) groups is 1. The topological polar surface area (TPSA) is 90.9 Å². The smallest absolute Gasteiger partial charge is 0.268 e. The lowest BCUT2D eigenvalue weighted by atomic mass is 10.1. The molecule has 1 N–H and O–H groups in total. The lowest BCUT2D eigenvalue weighted by molar-refractivity contribution is 0.0977. The number of rotatable bonds is 6. The molecule has 4 rings (SSSR count). The molecule has 166 valence electrons. The fourth-order valence-electron chi connectivity index (χ4n) is 3.62. The van der Waals surface area contributed by atoms with E-state index in [9.17, 15) is 17.6 Å². The number of sulfonamides is 1. The minimum Gasteiger partial charge on any atom is -0.492 e. The van der Waals surface area contributed by atoms with E-state index in [0.29, 0.717) is 24.9 Å². The van der Waals surface area contributed by atoms with Crippen LogP contribution in [0.15, 0.2) is 35.2 Å². The summed E-state index contributed by atoms with van der Waals surface area (Å²) in [7, 11) is -4.28. The number of nitrogens with one attached hydrogen (secondary N) is 1. The summed E-state index contributed by atoms with van der Waals surface area (Å²) in [6, 6.07) is 6.01. The van der Waals surface area contributed by atoms with Crippen LogP contribution in [-0.2, 0) is 10.0 Å². The Balaban J connectivity index is 1.49. The Morgan fingerprint density at radius 1 is 1.13 bits per heavy atom. The predicted molar refractivity (Wildman–Crippen MR) is 111 cm³/mol. The summed E-state index contributed by atoms with van der Waals surface area (Å²) in [5.74, 6) is -0.894. The van der Waals surface area contributed by atoms with Crippen LogP contribution in [0.4, 0.5) is 4.39 Å². The van der Waals surface area contributed by atoms with Gasteiger partial charge in [-0.3, -0.25) is 4.79 Å². The normalized spacial score (nSPS) is 16.2. The molecule has 2 aliphatic rings. The molecular formula is C21H21ClFNO6S.